The molecule has 0 spiro atoms. The van der Waals surface area contributed by atoms with Crippen LogP contribution in [0.4, 0.5) is 0 Å². The van der Waals surface area contributed by atoms with Crippen molar-refractivity contribution >= 4 is 11.8 Å². The van der Waals surface area contributed by atoms with Gasteiger partial charge < -0.3 is 19.7 Å². The van der Waals surface area contributed by atoms with Gasteiger partial charge in [0, 0.05) is 30.6 Å². The number of nitrogens with zero attached hydrogens (tertiary/aromatic N) is 1. The molecule has 0 unspecified atom stereocenters. The molecular formula is C22H26N2O4. The van der Waals surface area contributed by atoms with E-state index in [4.69, 9.17) is 9.47 Å². The predicted octanol–water partition coefficient (Wildman–Crippen LogP) is 3.32. The van der Waals surface area contributed by atoms with Crippen molar-refractivity contribution in [2.75, 3.05) is 20.8 Å². The number of likely N-dealkylation sites (tertiary alicyclic amines) is 1. The average Bonchev–Trinajstić information content (AvgIpc) is 3.12. The molecule has 1 N–H and O–H groups in total. The fourth-order valence-corrected chi connectivity index (χ4v) is 3.39. The summed E-state index contributed by atoms with van der Waals surface area (Å²) in [7, 11) is 3.20. The van der Waals surface area contributed by atoms with E-state index in [1.54, 1.807) is 26.4 Å². The number of carbonyl (C=O) groups excluding carboxylic acids is 2. The fraction of sp³-hybridized carbons (Fsp3) is 0.364. The van der Waals surface area contributed by atoms with Crippen LogP contribution >= 0.6 is 0 Å². The molecule has 1 aliphatic heterocycles. The van der Waals surface area contributed by atoms with E-state index in [0.717, 1.165) is 24.1 Å². The Kier molecular flexibility index (Phi) is 6.19. The maximum atomic E-state index is 12.6. The zero-order valence-corrected chi connectivity index (χ0v) is 16.5. The molecule has 1 saturated heterocycles. The van der Waals surface area contributed by atoms with Gasteiger partial charge in [-0.3, -0.25) is 9.59 Å². The van der Waals surface area contributed by atoms with Gasteiger partial charge in [-0.1, -0.05) is 12.1 Å². The summed E-state index contributed by atoms with van der Waals surface area (Å²) in [4.78, 5) is 26.2. The molecule has 0 aromatic heterocycles. The van der Waals surface area contributed by atoms with E-state index in [2.05, 4.69) is 5.32 Å². The number of amides is 2. The van der Waals surface area contributed by atoms with Crippen molar-refractivity contribution < 1.29 is 19.1 Å². The number of methoxy groups -OCH3 is 2. The summed E-state index contributed by atoms with van der Waals surface area (Å²) in [5.41, 5.74) is 2.44. The van der Waals surface area contributed by atoms with Gasteiger partial charge in [0.1, 0.15) is 11.5 Å². The third kappa shape index (κ3) is 4.44. The lowest BCUT2D eigenvalue weighted by Crippen LogP contribution is -2.27. The Labute approximate surface area is 165 Å². The first-order valence-electron chi connectivity index (χ1n) is 9.41. The molecule has 2 aromatic rings. The first-order chi connectivity index (χ1) is 13.5. The minimum Gasteiger partial charge on any atom is -0.497 e. The highest BCUT2D eigenvalue weighted by molar-refractivity contribution is 5.94. The van der Waals surface area contributed by atoms with E-state index in [9.17, 15) is 9.59 Å². The zero-order chi connectivity index (χ0) is 20.1. The lowest BCUT2D eigenvalue weighted by molar-refractivity contribution is -0.128. The second-order valence-corrected chi connectivity index (χ2v) is 6.92. The Hall–Kier alpha value is -3.02. The molecular weight excluding hydrogens is 356 g/mol. The van der Waals surface area contributed by atoms with Crippen LogP contribution < -0.4 is 14.8 Å². The summed E-state index contributed by atoms with van der Waals surface area (Å²) < 4.78 is 10.7. The summed E-state index contributed by atoms with van der Waals surface area (Å²) in [6.45, 7) is 3.31. The van der Waals surface area contributed by atoms with Gasteiger partial charge in [-0.05, 0) is 49.2 Å². The Morgan fingerprint density at radius 1 is 1.14 bits per heavy atom. The van der Waals surface area contributed by atoms with E-state index in [1.807, 2.05) is 42.2 Å². The summed E-state index contributed by atoms with van der Waals surface area (Å²) in [6.07, 6.45) is 1.55. The number of carbonyl (C=O) groups is 2. The van der Waals surface area contributed by atoms with E-state index in [0.29, 0.717) is 30.0 Å². The molecule has 2 amide bonds. The Bertz CT molecular complexity index is 848. The number of benzene rings is 2. The molecule has 0 bridgehead atoms. The van der Waals surface area contributed by atoms with Crippen LogP contribution in [0, 0.1) is 0 Å². The van der Waals surface area contributed by atoms with E-state index >= 15 is 0 Å². The largest absolute Gasteiger partial charge is 0.497 e. The predicted molar refractivity (Wildman–Crippen MR) is 107 cm³/mol. The Balaban J connectivity index is 1.66. The number of hydrogen-bond acceptors (Lipinski definition) is 4. The number of nitrogens with one attached hydrogen (secondary N) is 1. The number of ether oxygens (including phenoxy) is 2. The van der Waals surface area contributed by atoms with Crippen molar-refractivity contribution in [1.82, 2.24) is 10.2 Å². The maximum absolute atomic E-state index is 12.6. The summed E-state index contributed by atoms with van der Waals surface area (Å²) in [5, 5.41) is 3.00. The molecule has 0 aliphatic carbocycles. The molecule has 1 fully saturated rings. The van der Waals surface area contributed by atoms with E-state index in [-0.39, 0.29) is 17.9 Å². The number of hydrogen-bond donors (Lipinski definition) is 1. The third-order valence-corrected chi connectivity index (χ3v) is 5.01. The van der Waals surface area contributed by atoms with Crippen LogP contribution in [0.1, 0.15) is 47.3 Å². The van der Waals surface area contributed by atoms with Crippen molar-refractivity contribution in [2.24, 2.45) is 0 Å². The molecule has 6 heteroatoms. The fourth-order valence-electron chi connectivity index (χ4n) is 3.39. The van der Waals surface area contributed by atoms with E-state index in [1.165, 1.54) is 0 Å². The molecule has 1 aliphatic rings. The molecule has 1 heterocycles. The highest BCUT2D eigenvalue weighted by Crippen LogP contribution is 2.29. The molecule has 1 atom stereocenters. The van der Waals surface area contributed by atoms with Crippen LogP contribution in [0.15, 0.2) is 42.5 Å². The van der Waals surface area contributed by atoms with Gasteiger partial charge >= 0.3 is 0 Å². The molecule has 2 aromatic carbocycles. The molecule has 0 radical (unpaired) electrons. The van der Waals surface area contributed by atoms with Crippen molar-refractivity contribution in [1.29, 1.82) is 0 Å². The normalized spacial score (nSPS) is 14.7. The lowest BCUT2D eigenvalue weighted by atomic mass is 10.1. The maximum Gasteiger partial charge on any atom is 0.251 e. The average molecular weight is 382 g/mol. The first-order valence-corrected chi connectivity index (χ1v) is 9.41. The molecule has 3 rings (SSSR count). The monoisotopic (exact) mass is 382 g/mol. The van der Waals surface area contributed by atoms with Crippen molar-refractivity contribution in [3.63, 3.8) is 0 Å². The summed E-state index contributed by atoms with van der Waals surface area (Å²) in [6, 6.07) is 12.6. The molecule has 148 valence electrons. The Morgan fingerprint density at radius 3 is 2.50 bits per heavy atom. The van der Waals surface area contributed by atoms with Crippen LogP contribution in [0.25, 0.3) is 0 Å². The lowest BCUT2D eigenvalue weighted by Gasteiger charge is -2.19. The van der Waals surface area contributed by atoms with Gasteiger partial charge in [0.15, 0.2) is 0 Å². The van der Waals surface area contributed by atoms with Gasteiger partial charge in [0.2, 0.25) is 5.91 Å². The highest BCUT2D eigenvalue weighted by Gasteiger charge is 2.20. The Morgan fingerprint density at radius 2 is 1.89 bits per heavy atom. The quantitative estimate of drug-likeness (QED) is 0.798. The van der Waals surface area contributed by atoms with Gasteiger partial charge in [0.25, 0.3) is 5.91 Å². The standard InChI is InChI=1S/C22H26N2O4/c1-15(19-13-18(27-2)10-11-20(19)28-3)23-22(26)17-8-6-16(7-9-17)14-24-12-4-5-21(24)25/h6-11,13,15H,4-5,12,14H2,1-3H3,(H,23,26)/t15-/m0/s1. The van der Waals surface area contributed by atoms with Crippen molar-refractivity contribution in [3.05, 3.63) is 59.2 Å². The second kappa shape index (κ2) is 8.78. The highest BCUT2D eigenvalue weighted by atomic mass is 16.5. The van der Waals surface area contributed by atoms with Crippen LogP contribution in [-0.4, -0.2) is 37.5 Å². The minimum atomic E-state index is -0.251. The molecule has 28 heavy (non-hydrogen) atoms. The van der Waals surface area contributed by atoms with Gasteiger partial charge in [-0.25, -0.2) is 0 Å². The summed E-state index contributed by atoms with van der Waals surface area (Å²) in [5.74, 6) is 1.43. The SMILES string of the molecule is COc1ccc(OC)c([C@H](C)NC(=O)c2ccc(CN3CCCC3=O)cc2)c1. The topological polar surface area (TPSA) is 67.9 Å². The molecule has 6 nitrogen and oxygen atoms in total. The number of rotatable bonds is 7. The van der Waals surface area contributed by atoms with Crippen molar-refractivity contribution in [2.45, 2.75) is 32.4 Å². The smallest absolute Gasteiger partial charge is 0.251 e. The van der Waals surface area contributed by atoms with Crippen LogP contribution in [-0.2, 0) is 11.3 Å². The zero-order valence-electron chi connectivity index (χ0n) is 16.5. The van der Waals surface area contributed by atoms with E-state index < -0.39 is 0 Å². The van der Waals surface area contributed by atoms with Gasteiger partial charge in [-0.2, -0.15) is 0 Å². The third-order valence-electron chi connectivity index (χ3n) is 5.01. The van der Waals surface area contributed by atoms with Crippen LogP contribution in [0.3, 0.4) is 0 Å². The first kappa shape index (κ1) is 19.7. The second-order valence-electron chi connectivity index (χ2n) is 6.92. The van der Waals surface area contributed by atoms with Gasteiger partial charge in [0.05, 0.1) is 20.3 Å². The summed E-state index contributed by atoms with van der Waals surface area (Å²) >= 11 is 0. The van der Waals surface area contributed by atoms with Crippen LogP contribution in [0.5, 0.6) is 11.5 Å². The molecule has 0 saturated carbocycles. The minimum absolute atomic E-state index is 0.166. The van der Waals surface area contributed by atoms with Crippen LogP contribution in [0.2, 0.25) is 0 Å². The van der Waals surface area contributed by atoms with Gasteiger partial charge in [-0.15, -0.1) is 0 Å². The van der Waals surface area contributed by atoms with Crippen molar-refractivity contribution in [3.8, 4) is 11.5 Å².